The minimum absolute atomic E-state index is 0.318. The summed E-state index contributed by atoms with van der Waals surface area (Å²) in [5.41, 5.74) is 28.6. The lowest BCUT2D eigenvalue weighted by Crippen LogP contribution is -2.18. The van der Waals surface area contributed by atoms with Gasteiger partial charge in [0.15, 0.2) is 0 Å². The van der Waals surface area contributed by atoms with E-state index < -0.39 is 0 Å². The van der Waals surface area contributed by atoms with E-state index in [1.807, 2.05) is 0 Å². The van der Waals surface area contributed by atoms with Crippen LogP contribution in [0.25, 0.3) is 55.3 Å². The molecule has 0 amide bonds. The van der Waals surface area contributed by atoms with E-state index >= 15 is 0 Å². The van der Waals surface area contributed by atoms with Crippen LogP contribution in [0.5, 0.6) is 0 Å². The van der Waals surface area contributed by atoms with Crippen LogP contribution < -0.4 is 9.80 Å². The first-order valence-electron chi connectivity index (χ1n) is 27.5. The van der Waals surface area contributed by atoms with Gasteiger partial charge in [-0.3, -0.25) is 0 Å². The molecule has 0 bridgehead atoms. The second kappa shape index (κ2) is 19.1. The van der Waals surface area contributed by atoms with Gasteiger partial charge >= 0.3 is 0 Å². The molecule has 11 aromatic rings. The Morgan fingerprint density at radius 3 is 1.60 bits per heavy atom. The molecule has 0 heterocycles. The van der Waals surface area contributed by atoms with Gasteiger partial charge in [0.2, 0.25) is 0 Å². The largest absolute Gasteiger partial charge is 0.310 e. The Balaban J connectivity index is 0.931. The molecule has 2 aliphatic carbocycles. The minimum Gasteiger partial charge on any atom is -0.310 e. The summed E-state index contributed by atoms with van der Waals surface area (Å²) < 4.78 is 0. The number of hydrogen-bond donors (Lipinski definition) is 0. The highest BCUT2D eigenvalue weighted by Gasteiger charge is 2.39. The molecule has 0 aliphatic heterocycles. The van der Waals surface area contributed by atoms with E-state index in [0.717, 1.165) is 17.8 Å². The van der Waals surface area contributed by atoms with Gasteiger partial charge in [-0.1, -0.05) is 208 Å². The zero-order valence-corrected chi connectivity index (χ0v) is 45.3. The van der Waals surface area contributed by atoms with Crippen LogP contribution in [0.3, 0.4) is 0 Å². The Labute approximate surface area is 455 Å². The van der Waals surface area contributed by atoms with E-state index in [2.05, 4.69) is 295 Å². The molecule has 11 aromatic carbocycles. The monoisotopic (exact) mass is 993 g/mol. The Kier molecular flexibility index (Phi) is 11.9. The van der Waals surface area contributed by atoms with Crippen molar-refractivity contribution in [2.75, 3.05) is 9.80 Å². The van der Waals surface area contributed by atoms with Crippen LogP contribution in [0.1, 0.15) is 89.1 Å². The van der Waals surface area contributed by atoms with E-state index in [0.29, 0.717) is 11.8 Å². The fourth-order valence-electron chi connectivity index (χ4n) is 13.1. The van der Waals surface area contributed by atoms with Crippen molar-refractivity contribution in [3.63, 3.8) is 0 Å². The smallest absolute Gasteiger partial charge is 0.0543 e. The quantitative estimate of drug-likeness (QED) is 0.135. The van der Waals surface area contributed by atoms with Crippen LogP contribution in [0, 0.1) is 27.7 Å². The highest BCUT2D eigenvalue weighted by Crippen LogP contribution is 2.57. The molecule has 2 unspecified atom stereocenters. The van der Waals surface area contributed by atoms with Crippen LogP contribution in [0.2, 0.25) is 0 Å². The number of fused-ring (bicyclic) bond motifs is 6. The van der Waals surface area contributed by atoms with Gasteiger partial charge in [0, 0.05) is 45.2 Å². The van der Waals surface area contributed by atoms with Crippen LogP contribution in [-0.4, -0.2) is 0 Å². The summed E-state index contributed by atoms with van der Waals surface area (Å²) in [6.07, 6.45) is 1.09. The zero-order chi connectivity index (χ0) is 52.5. The lowest BCUT2D eigenvalue weighted by Gasteiger charge is -2.31. The molecule has 2 atom stereocenters. The third-order valence-electron chi connectivity index (χ3n) is 17.0. The van der Waals surface area contributed by atoms with Gasteiger partial charge in [-0.25, -0.2) is 0 Å². The fourth-order valence-corrected chi connectivity index (χ4v) is 13.1. The van der Waals surface area contributed by atoms with Crippen molar-refractivity contribution in [1.29, 1.82) is 0 Å². The maximum Gasteiger partial charge on any atom is 0.0543 e. The molecule has 0 spiro atoms. The number of benzene rings is 11. The first kappa shape index (κ1) is 48.0. The minimum atomic E-state index is -0.328. The summed E-state index contributed by atoms with van der Waals surface area (Å²) in [5.74, 6) is 0.786. The van der Waals surface area contributed by atoms with E-state index in [4.69, 9.17) is 0 Å². The van der Waals surface area contributed by atoms with Crippen molar-refractivity contribution in [3.8, 4) is 44.5 Å². The molecular formula is C75H64N2. The van der Waals surface area contributed by atoms with Crippen LogP contribution in [-0.2, 0) is 5.41 Å². The predicted molar refractivity (Wildman–Crippen MR) is 327 cm³/mol. The average molecular weight is 993 g/mol. The third-order valence-corrected chi connectivity index (χ3v) is 17.0. The maximum atomic E-state index is 2.52. The summed E-state index contributed by atoms with van der Waals surface area (Å²) in [5, 5.41) is 2.49. The van der Waals surface area contributed by atoms with Crippen molar-refractivity contribution < 1.29 is 0 Å². The van der Waals surface area contributed by atoms with Gasteiger partial charge < -0.3 is 9.80 Å². The molecule has 2 heteroatoms. The Morgan fingerprint density at radius 1 is 0.377 bits per heavy atom. The van der Waals surface area contributed by atoms with Crippen molar-refractivity contribution >= 4 is 44.9 Å². The van der Waals surface area contributed by atoms with Crippen LogP contribution in [0.4, 0.5) is 34.1 Å². The van der Waals surface area contributed by atoms with Crippen molar-refractivity contribution in [3.05, 3.63) is 287 Å². The summed E-state index contributed by atoms with van der Waals surface area (Å²) >= 11 is 0. The first-order chi connectivity index (χ1) is 37.5. The molecule has 0 saturated carbocycles. The zero-order valence-electron chi connectivity index (χ0n) is 45.3. The van der Waals surface area contributed by atoms with Gasteiger partial charge in [-0.15, -0.1) is 0 Å². The SMILES string of the molecule is Cc1ccc(N(c2cccc(C3CC(C)c4cc(-c5ccccc5)ccc43)c2)c2ccc3c(c2)C(C)(C)c2cc(N(c4cccc(-c5cccc(-c6ccccc6)c5)c4)c4ccc(C)cc4C)c4ccccc4c2-3)c(C)c1. The summed E-state index contributed by atoms with van der Waals surface area (Å²) in [6, 6.07) is 88.9. The Bertz CT molecular complexity index is 4070. The van der Waals surface area contributed by atoms with E-state index in [1.165, 1.54) is 128 Å². The summed E-state index contributed by atoms with van der Waals surface area (Å²) in [6.45, 7) is 16.2. The van der Waals surface area contributed by atoms with Gasteiger partial charge in [0.1, 0.15) is 0 Å². The molecule has 13 rings (SSSR count). The highest BCUT2D eigenvalue weighted by atomic mass is 15.2. The van der Waals surface area contributed by atoms with Gasteiger partial charge in [-0.05, 0) is 190 Å². The molecule has 374 valence electrons. The number of hydrogen-bond acceptors (Lipinski definition) is 2. The predicted octanol–water partition coefficient (Wildman–Crippen LogP) is 21.0. The van der Waals surface area contributed by atoms with Gasteiger partial charge in [0.05, 0.1) is 5.69 Å². The number of rotatable bonds is 10. The van der Waals surface area contributed by atoms with E-state index in [-0.39, 0.29) is 5.41 Å². The fraction of sp³-hybridized carbons (Fsp3) is 0.147. The first-order valence-corrected chi connectivity index (χ1v) is 27.5. The third kappa shape index (κ3) is 8.44. The maximum absolute atomic E-state index is 2.52. The van der Waals surface area contributed by atoms with Crippen LogP contribution in [0.15, 0.2) is 237 Å². The van der Waals surface area contributed by atoms with Gasteiger partial charge in [-0.2, -0.15) is 0 Å². The summed E-state index contributed by atoms with van der Waals surface area (Å²) in [7, 11) is 0. The van der Waals surface area contributed by atoms with Crippen LogP contribution >= 0.6 is 0 Å². The van der Waals surface area contributed by atoms with Gasteiger partial charge in [0.25, 0.3) is 0 Å². The normalized spacial score (nSPS) is 15.0. The average Bonchev–Trinajstić information content (AvgIpc) is 4.09. The molecule has 0 fully saturated rings. The standard InChI is InChI=1S/C75H64N2/c1-48-31-37-71(51(4)39-48)76(60-27-18-26-59(44-60)68-41-50(3)67-45-58(33-35-63(67)68)54-21-12-9-13-22-54)62-34-36-66-69(46-62)75(6,7)70-47-73(64-29-14-15-30-65(64)74(66)70)77(72-38-32-49(2)40-52(72)5)61-28-17-25-57(43-61)56-24-16-23-55(42-56)53-19-10-8-11-20-53/h8-40,42-47,50,68H,41H2,1-7H3. The van der Waals surface area contributed by atoms with E-state index in [1.54, 1.807) is 0 Å². The Hall–Kier alpha value is -8.72. The second-order valence-electron chi connectivity index (χ2n) is 22.5. The summed E-state index contributed by atoms with van der Waals surface area (Å²) in [4.78, 5) is 5.04. The number of aryl methyl sites for hydroxylation is 4. The topological polar surface area (TPSA) is 6.48 Å². The molecule has 0 aromatic heterocycles. The molecule has 2 aliphatic rings. The Morgan fingerprint density at radius 2 is 0.922 bits per heavy atom. The van der Waals surface area contributed by atoms with Crippen molar-refractivity contribution in [2.45, 2.75) is 72.1 Å². The van der Waals surface area contributed by atoms with E-state index in [9.17, 15) is 0 Å². The molecule has 0 saturated heterocycles. The highest BCUT2D eigenvalue weighted by molar-refractivity contribution is 6.10. The molecule has 0 radical (unpaired) electrons. The second-order valence-corrected chi connectivity index (χ2v) is 22.5. The lowest BCUT2D eigenvalue weighted by molar-refractivity contribution is 0.661. The van der Waals surface area contributed by atoms with Crippen molar-refractivity contribution in [2.24, 2.45) is 0 Å². The van der Waals surface area contributed by atoms with Crippen molar-refractivity contribution in [1.82, 2.24) is 0 Å². The molecular weight excluding hydrogens is 929 g/mol. The number of nitrogens with zero attached hydrogens (tertiary/aromatic N) is 2. The molecule has 2 nitrogen and oxygen atoms in total. The lowest BCUT2D eigenvalue weighted by atomic mass is 9.81. The molecule has 0 N–H and O–H groups in total. The number of anilines is 6. The molecule has 77 heavy (non-hydrogen) atoms.